The third-order valence-electron chi connectivity index (χ3n) is 3.85. The van der Waals surface area contributed by atoms with E-state index in [2.05, 4.69) is 26.1 Å². The molecule has 1 heterocycles. The van der Waals surface area contributed by atoms with Gasteiger partial charge in [0.05, 0.1) is 0 Å². The minimum absolute atomic E-state index is 1.04. The molecule has 1 rings (SSSR count). The SMILES string of the molecule is C1CCNC1.CCCCB(CCCC)CCCC. The van der Waals surface area contributed by atoms with Crippen LogP contribution in [-0.4, -0.2) is 19.8 Å². The molecule has 1 aliphatic rings. The van der Waals surface area contributed by atoms with Gasteiger partial charge in [0.25, 0.3) is 0 Å². The van der Waals surface area contributed by atoms with Crippen LogP contribution in [0.2, 0.25) is 19.0 Å². The highest BCUT2D eigenvalue weighted by Crippen LogP contribution is 2.16. The maximum atomic E-state index is 3.22. The van der Waals surface area contributed by atoms with Crippen molar-refractivity contribution in [3.8, 4) is 0 Å². The summed E-state index contributed by atoms with van der Waals surface area (Å²) in [5, 5.41) is 3.22. The Morgan fingerprint density at radius 2 is 1.11 bits per heavy atom. The Bertz CT molecular complexity index is 119. The smallest absolute Gasteiger partial charge is 0.139 e. The molecule has 0 spiro atoms. The lowest BCUT2D eigenvalue weighted by atomic mass is 9.41. The summed E-state index contributed by atoms with van der Waals surface area (Å²) in [6.07, 6.45) is 15.7. The highest BCUT2D eigenvalue weighted by molar-refractivity contribution is 6.58. The molecule has 0 bridgehead atoms. The minimum atomic E-state index is 1.04. The Kier molecular flexibility index (Phi) is 15.1. The molecule has 108 valence electrons. The van der Waals surface area contributed by atoms with E-state index in [1.54, 1.807) is 0 Å². The van der Waals surface area contributed by atoms with E-state index in [0.29, 0.717) is 0 Å². The first kappa shape index (κ1) is 18.0. The van der Waals surface area contributed by atoms with Crippen LogP contribution < -0.4 is 5.32 Å². The van der Waals surface area contributed by atoms with Gasteiger partial charge < -0.3 is 5.32 Å². The summed E-state index contributed by atoms with van der Waals surface area (Å²) < 4.78 is 0. The van der Waals surface area contributed by atoms with Crippen molar-refractivity contribution in [2.75, 3.05) is 13.1 Å². The van der Waals surface area contributed by atoms with Gasteiger partial charge in [0.2, 0.25) is 0 Å². The van der Waals surface area contributed by atoms with Gasteiger partial charge in [-0.05, 0) is 25.9 Å². The Labute approximate surface area is 117 Å². The Hall–Kier alpha value is 0.0249. The van der Waals surface area contributed by atoms with E-state index >= 15 is 0 Å². The van der Waals surface area contributed by atoms with Gasteiger partial charge in [-0.3, -0.25) is 0 Å². The average Bonchev–Trinajstić information content (AvgIpc) is 2.97. The first-order chi connectivity index (χ1) is 8.85. The second-order valence-electron chi connectivity index (χ2n) is 5.75. The molecule has 0 aromatic heterocycles. The molecular weight excluding hydrogens is 217 g/mol. The van der Waals surface area contributed by atoms with E-state index in [-0.39, 0.29) is 0 Å². The fraction of sp³-hybridized carbons (Fsp3) is 1.00. The van der Waals surface area contributed by atoms with Crippen molar-refractivity contribution in [3.05, 3.63) is 0 Å². The number of hydrogen-bond donors (Lipinski definition) is 1. The highest BCUT2D eigenvalue weighted by atomic mass is 14.9. The summed E-state index contributed by atoms with van der Waals surface area (Å²) in [5.74, 6) is 0. The molecule has 1 fully saturated rings. The van der Waals surface area contributed by atoms with E-state index in [4.69, 9.17) is 0 Å². The standard InChI is InChI=1S/C12H27B.C4H9N/c1-4-7-10-13(11-8-5-2)12-9-6-3;1-2-4-5-3-1/h4-12H2,1-3H3;5H,1-4H2. The second kappa shape index (κ2) is 15.1. The molecule has 1 saturated heterocycles. The minimum Gasteiger partial charge on any atom is -0.317 e. The van der Waals surface area contributed by atoms with Crippen molar-refractivity contribution in [1.29, 1.82) is 0 Å². The van der Waals surface area contributed by atoms with Crippen LogP contribution in [0, 0.1) is 0 Å². The predicted octanol–water partition coefficient (Wildman–Crippen LogP) is 5.25. The average molecular weight is 253 g/mol. The van der Waals surface area contributed by atoms with E-state index < -0.39 is 0 Å². The molecule has 18 heavy (non-hydrogen) atoms. The maximum absolute atomic E-state index is 3.22. The number of unbranched alkanes of at least 4 members (excludes halogenated alkanes) is 3. The molecule has 1 nitrogen and oxygen atoms in total. The molecule has 0 aromatic rings. The van der Waals surface area contributed by atoms with Crippen molar-refractivity contribution in [2.24, 2.45) is 0 Å². The number of rotatable bonds is 9. The normalized spacial score (nSPS) is 14.2. The lowest BCUT2D eigenvalue weighted by molar-refractivity contribution is 0.812. The summed E-state index contributed by atoms with van der Waals surface area (Å²) in [7, 11) is 0. The van der Waals surface area contributed by atoms with Crippen molar-refractivity contribution in [2.45, 2.75) is 91.1 Å². The second-order valence-corrected chi connectivity index (χ2v) is 5.75. The monoisotopic (exact) mass is 253 g/mol. The molecule has 0 saturated carbocycles. The first-order valence-corrected chi connectivity index (χ1v) is 8.55. The van der Waals surface area contributed by atoms with Crippen LogP contribution in [0.3, 0.4) is 0 Å². The fourth-order valence-electron chi connectivity index (χ4n) is 2.54. The van der Waals surface area contributed by atoms with Crippen molar-refractivity contribution < 1.29 is 0 Å². The molecule has 0 aromatic carbocycles. The molecule has 0 atom stereocenters. The number of hydrogen-bond acceptors (Lipinski definition) is 1. The Balaban J connectivity index is 0.000000473. The Morgan fingerprint density at radius 3 is 1.33 bits per heavy atom. The van der Waals surface area contributed by atoms with E-state index in [1.807, 2.05) is 0 Å². The van der Waals surface area contributed by atoms with Crippen molar-refractivity contribution in [3.63, 3.8) is 0 Å². The van der Waals surface area contributed by atoms with Gasteiger partial charge in [-0.2, -0.15) is 0 Å². The maximum Gasteiger partial charge on any atom is 0.139 e. The predicted molar refractivity (Wildman–Crippen MR) is 87.0 cm³/mol. The molecule has 0 radical (unpaired) electrons. The van der Waals surface area contributed by atoms with E-state index in [1.165, 1.54) is 83.4 Å². The molecular formula is C16H36BN. The lowest BCUT2D eigenvalue weighted by Gasteiger charge is -2.11. The van der Waals surface area contributed by atoms with E-state index in [9.17, 15) is 0 Å². The third-order valence-corrected chi connectivity index (χ3v) is 3.85. The van der Waals surface area contributed by atoms with Crippen LogP contribution in [0.15, 0.2) is 0 Å². The quantitative estimate of drug-likeness (QED) is 0.553. The van der Waals surface area contributed by atoms with Gasteiger partial charge in [-0.1, -0.05) is 78.3 Å². The zero-order valence-corrected chi connectivity index (χ0v) is 13.3. The lowest BCUT2D eigenvalue weighted by Crippen LogP contribution is -2.11. The van der Waals surface area contributed by atoms with Gasteiger partial charge in [0.1, 0.15) is 6.71 Å². The van der Waals surface area contributed by atoms with Gasteiger partial charge in [0, 0.05) is 0 Å². The topological polar surface area (TPSA) is 12.0 Å². The third kappa shape index (κ3) is 12.5. The van der Waals surface area contributed by atoms with Crippen molar-refractivity contribution >= 4 is 6.71 Å². The van der Waals surface area contributed by atoms with Gasteiger partial charge in [-0.15, -0.1) is 0 Å². The molecule has 0 aliphatic carbocycles. The van der Waals surface area contributed by atoms with Gasteiger partial charge in [0.15, 0.2) is 0 Å². The molecule has 0 unspecified atom stereocenters. The Morgan fingerprint density at radius 1 is 0.722 bits per heavy atom. The van der Waals surface area contributed by atoms with Crippen LogP contribution in [0.5, 0.6) is 0 Å². The summed E-state index contributed by atoms with van der Waals surface area (Å²) >= 11 is 0. The highest BCUT2D eigenvalue weighted by Gasteiger charge is 2.10. The van der Waals surface area contributed by atoms with Crippen molar-refractivity contribution in [1.82, 2.24) is 5.32 Å². The largest absolute Gasteiger partial charge is 0.317 e. The van der Waals surface area contributed by atoms with E-state index in [0.717, 1.165) is 6.71 Å². The fourth-order valence-corrected chi connectivity index (χ4v) is 2.54. The van der Waals surface area contributed by atoms with Crippen LogP contribution in [0.25, 0.3) is 0 Å². The number of nitrogens with one attached hydrogen (secondary N) is 1. The summed E-state index contributed by atoms with van der Waals surface area (Å²) in [6.45, 7) is 10.4. The molecule has 2 heteroatoms. The van der Waals surface area contributed by atoms with Crippen LogP contribution in [0.4, 0.5) is 0 Å². The first-order valence-electron chi connectivity index (χ1n) is 8.55. The summed E-state index contributed by atoms with van der Waals surface area (Å²) in [6, 6.07) is 0. The van der Waals surface area contributed by atoms with Crippen LogP contribution in [0.1, 0.15) is 72.1 Å². The molecule has 1 N–H and O–H groups in total. The summed E-state index contributed by atoms with van der Waals surface area (Å²) in [4.78, 5) is 0. The summed E-state index contributed by atoms with van der Waals surface area (Å²) in [5.41, 5.74) is 0. The zero-order valence-electron chi connectivity index (χ0n) is 13.3. The van der Waals surface area contributed by atoms with Gasteiger partial charge >= 0.3 is 0 Å². The molecule has 1 aliphatic heterocycles. The van der Waals surface area contributed by atoms with Crippen LogP contribution >= 0.6 is 0 Å². The molecule has 0 amide bonds. The van der Waals surface area contributed by atoms with Crippen LogP contribution in [-0.2, 0) is 0 Å². The van der Waals surface area contributed by atoms with Gasteiger partial charge in [-0.25, -0.2) is 0 Å². The zero-order chi connectivity index (χ0) is 13.5.